The van der Waals surface area contributed by atoms with Crippen molar-refractivity contribution in [3.8, 4) is 5.69 Å². The number of para-hydroxylation sites is 2. The van der Waals surface area contributed by atoms with Crippen LogP contribution in [0, 0.1) is 20.8 Å². The molecule has 1 fully saturated rings. The quantitative estimate of drug-likeness (QED) is 0.383. The van der Waals surface area contributed by atoms with E-state index >= 15 is 0 Å². The van der Waals surface area contributed by atoms with Crippen molar-refractivity contribution >= 4 is 34.6 Å². The number of carbonyl (C=O) groups is 1. The molecule has 2 heterocycles. The minimum Gasteiger partial charge on any atom is -0.383 e. The van der Waals surface area contributed by atoms with E-state index in [1.54, 1.807) is 12.0 Å². The predicted octanol–water partition coefficient (Wildman–Crippen LogP) is 6.22. The number of carbonyl (C=O) groups excluding carboxylic acids is 1. The van der Waals surface area contributed by atoms with Crippen LogP contribution in [0.15, 0.2) is 64.5 Å². The number of hydrogen-bond donors (Lipinski definition) is 0. The first kappa shape index (κ1) is 24.0. The van der Waals surface area contributed by atoms with Crippen LogP contribution in [-0.4, -0.2) is 40.8 Å². The van der Waals surface area contributed by atoms with E-state index in [2.05, 4.69) is 56.5 Å². The standard InChI is InChI=1S/C28H31N3O2S/c1-6-22-12-10-11-19(2)26(22)31-20(3)17-23(21(31)4)18-25-27(32)30(15-16-33-5)28(34-25)29-24-13-8-7-9-14-24/h7-14,17-18H,6,15-16H2,1-5H3/b25-18-,29-28?. The highest BCUT2D eigenvalue weighted by Gasteiger charge is 2.33. The molecule has 1 aliphatic heterocycles. The number of methoxy groups -OCH3 is 1. The van der Waals surface area contributed by atoms with Crippen molar-refractivity contribution in [3.05, 3.63) is 87.6 Å². The first-order valence-electron chi connectivity index (χ1n) is 11.6. The van der Waals surface area contributed by atoms with Crippen LogP contribution in [0.2, 0.25) is 0 Å². The number of aliphatic imine (C=N–C) groups is 1. The van der Waals surface area contributed by atoms with Crippen LogP contribution in [0.1, 0.15) is 35.0 Å². The van der Waals surface area contributed by atoms with Gasteiger partial charge in [0.05, 0.1) is 29.4 Å². The molecule has 0 spiro atoms. The van der Waals surface area contributed by atoms with Gasteiger partial charge >= 0.3 is 0 Å². The van der Waals surface area contributed by atoms with Crippen molar-refractivity contribution in [2.45, 2.75) is 34.1 Å². The van der Waals surface area contributed by atoms with Crippen LogP contribution >= 0.6 is 11.8 Å². The number of amides is 1. The molecule has 4 rings (SSSR count). The summed E-state index contributed by atoms with van der Waals surface area (Å²) in [6.45, 7) is 9.50. The van der Waals surface area contributed by atoms with E-state index < -0.39 is 0 Å². The summed E-state index contributed by atoms with van der Waals surface area (Å²) < 4.78 is 7.56. The normalized spacial score (nSPS) is 16.3. The SMILES string of the molecule is CCc1cccc(C)c1-n1c(C)cc(/C=C2\SC(=Nc3ccccc3)N(CCOC)C2=O)c1C. The summed E-state index contributed by atoms with van der Waals surface area (Å²) >= 11 is 1.42. The Bertz CT molecular complexity index is 1260. The van der Waals surface area contributed by atoms with Crippen molar-refractivity contribution in [2.24, 2.45) is 4.99 Å². The lowest BCUT2D eigenvalue weighted by Crippen LogP contribution is -2.32. The lowest BCUT2D eigenvalue weighted by Gasteiger charge is -2.17. The second kappa shape index (κ2) is 10.5. The Morgan fingerprint density at radius 2 is 1.82 bits per heavy atom. The smallest absolute Gasteiger partial charge is 0.266 e. The van der Waals surface area contributed by atoms with Crippen LogP contribution in [0.5, 0.6) is 0 Å². The van der Waals surface area contributed by atoms with E-state index in [4.69, 9.17) is 9.73 Å². The number of ether oxygens (including phenoxy) is 1. The van der Waals surface area contributed by atoms with Gasteiger partial charge in [-0.3, -0.25) is 9.69 Å². The predicted molar refractivity (Wildman–Crippen MR) is 142 cm³/mol. The Morgan fingerprint density at radius 1 is 1.06 bits per heavy atom. The zero-order valence-corrected chi connectivity index (χ0v) is 21.3. The molecule has 0 bridgehead atoms. The van der Waals surface area contributed by atoms with Crippen molar-refractivity contribution < 1.29 is 9.53 Å². The number of aryl methyl sites for hydroxylation is 3. The molecule has 176 valence electrons. The summed E-state index contributed by atoms with van der Waals surface area (Å²) in [5, 5.41) is 0.681. The minimum absolute atomic E-state index is 0.0355. The Kier molecular flexibility index (Phi) is 7.39. The second-order valence-corrected chi connectivity index (χ2v) is 9.40. The number of benzene rings is 2. The molecule has 2 aromatic carbocycles. The van der Waals surface area contributed by atoms with Crippen molar-refractivity contribution in [2.75, 3.05) is 20.3 Å². The summed E-state index contributed by atoms with van der Waals surface area (Å²) in [5.41, 5.74) is 7.95. The van der Waals surface area contributed by atoms with E-state index in [-0.39, 0.29) is 5.91 Å². The molecule has 1 aliphatic rings. The third-order valence-electron chi connectivity index (χ3n) is 6.07. The number of amidine groups is 1. The summed E-state index contributed by atoms with van der Waals surface area (Å²) in [4.78, 5) is 20.5. The summed E-state index contributed by atoms with van der Waals surface area (Å²) in [7, 11) is 1.64. The highest BCUT2D eigenvalue weighted by molar-refractivity contribution is 8.18. The van der Waals surface area contributed by atoms with Crippen LogP contribution in [0.4, 0.5) is 5.69 Å². The average molecular weight is 474 g/mol. The first-order valence-corrected chi connectivity index (χ1v) is 12.4. The number of nitrogens with zero attached hydrogens (tertiary/aromatic N) is 3. The highest BCUT2D eigenvalue weighted by atomic mass is 32.2. The van der Waals surface area contributed by atoms with E-state index in [0.717, 1.165) is 29.1 Å². The van der Waals surface area contributed by atoms with Crippen LogP contribution in [0.25, 0.3) is 11.8 Å². The lowest BCUT2D eigenvalue weighted by molar-refractivity contribution is -0.122. The van der Waals surface area contributed by atoms with Gasteiger partial charge < -0.3 is 9.30 Å². The molecular weight excluding hydrogens is 442 g/mol. The van der Waals surface area contributed by atoms with Gasteiger partial charge in [-0.05, 0) is 79.9 Å². The summed E-state index contributed by atoms with van der Waals surface area (Å²) in [6, 6.07) is 18.4. The Balaban J connectivity index is 1.74. The van der Waals surface area contributed by atoms with Crippen molar-refractivity contribution in [1.29, 1.82) is 0 Å². The first-order chi connectivity index (χ1) is 16.4. The fraction of sp³-hybridized carbons (Fsp3) is 0.286. The van der Waals surface area contributed by atoms with Gasteiger partial charge in [-0.25, -0.2) is 4.99 Å². The molecule has 0 N–H and O–H groups in total. The molecule has 5 nitrogen and oxygen atoms in total. The molecule has 0 unspecified atom stereocenters. The molecule has 1 saturated heterocycles. The molecule has 0 atom stereocenters. The fourth-order valence-corrected chi connectivity index (χ4v) is 5.34. The maximum absolute atomic E-state index is 13.3. The fourth-order valence-electron chi connectivity index (χ4n) is 4.33. The molecule has 0 aliphatic carbocycles. The van der Waals surface area contributed by atoms with Crippen LogP contribution in [-0.2, 0) is 16.0 Å². The van der Waals surface area contributed by atoms with E-state index in [1.165, 1.54) is 28.6 Å². The number of thioether (sulfide) groups is 1. The summed E-state index contributed by atoms with van der Waals surface area (Å²) in [5.74, 6) is -0.0355. The highest BCUT2D eigenvalue weighted by Crippen LogP contribution is 2.35. The van der Waals surface area contributed by atoms with Gasteiger partial charge in [-0.2, -0.15) is 0 Å². The Hall–Kier alpha value is -3.09. The third-order valence-corrected chi connectivity index (χ3v) is 7.08. The van der Waals surface area contributed by atoms with Gasteiger partial charge in [0.2, 0.25) is 0 Å². The summed E-state index contributed by atoms with van der Waals surface area (Å²) in [6.07, 6.45) is 2.97. The molecular formula is C28H31N3O2S. The number of hydrogen-bond acceptors (Lipinski definition) is 4. The zero-order valence-electron chi connectivity index (χ0n) is 20.5. The molecule has 3 aromatic rings. The van der Waals surface area contributed by atoms with Crippen molar-refractivity contribution in [3.63, 3.8) is 0 Å². The Morgan fingerprint density at radius 3 is 2.53 bits per heavy atom. The second-order valence-electron chi connectivity index (χ2n) is 8.39. The van der Waals surface area contributed by atoms with Gasteiger partial charge in [0.25, 0.3) is 5.91 Å². The third kappa shape index (κ3) is 4.74. The van der Waals surface area contributed by atoms with Gasteiger partial charge in [-0.15, -0.1) is 0 Å². The lowest BCUT2D eigenvalue weighted by atomic mass is 10.1. The largest absolute Gasteiger partial charge is 0.383 e. The minimum atomic E-state index is -0.0355. The van der Waals surface area contributed by atoms with Gasteiger partial charge in [0, 0.05) is 18.5 Å². The van der Waals surface area contributed by atoms with E-state index in [0.29, 0.717) is 23.2 Å². The van der Waals surface area contributed by atoms with Gasteiger partial charge in [-0.1, -0.05) is 43.3 Å². The molecule has 1 aromatic heterocycles. The zero-order chi connectivity index (χ0) is 24.2. The molecule has 0 saturated carbocycles. The van der Waals surface area contributed by atoms with Crippen LogP contribution < -0.4 is 0 Å². The number of rotatable bonds is 7. The number of aromatic nitrogens is 1. The van der Waals surface area contributed by atoms with Crippen LogP contribution in [0.3, 0.4) is 0 Å². The molecule has 34 heavy (non-hydrogen) atoms. The van der Waals surface area contributed by atoms with E-state index in [9.17, 15) is 4.79 Å². The maximum Gasteiger partial charge on any atom is 0.266 e. The molecule has 6 heteroatoms. The van der Waals surface area contributed by atoms with Gasteiger partial charge in [0.1, 0.15) is 0 Å². The average Bonchev–Trinajstić information content (AvgIpc) is 3.27. The molecule has 0 radical (unpaired) electrons. The van der Waals surface area contributed by atoms with Gasteiger partial charge in [0.15, 0.2) is 5.17 Å². The topological polar surface area (TPSA) is 46.8 Å². The monoisotopic (exact) mass is 473 g/mol. The maximum atomic E-state index is 13.3. The Labute approximate surface area is 206 Å². The molecule has 1 amide bonds. The van der Waals surface area contributed by atoms with Crippen molar-refractivity contribution in [1.82, 2.24) is 9.47 Å². The van der Waals surface area contributed by atoms with E-state index in [1.807, 2.05) is 36.4 Å².